The summed E-state index contributed by atoms with van der Waals surface area (Å²) in [5, 5.41) is 2.97. The first kappa shape index (κ1) is 18.8. The van der Waals surface area contributed by atoms with Crippen molar-refractivity contribution < 1.29 is 9.53 Å². The number of benzene rings is 1. The number of nitrogens with one attached hydrogen (secondary N) is 1. The maximum atomic E-state index is 11.8. The lowest BCUT2D eigenvalue weighted by Crippen LogP contribution is -2.39. The first-order valence-corrected chi connectivity index (χ1v) is 9.21. The predicted octanol–water partition coefficient (Wildman–Crippen LogP) is 3.25. The lowest BCUT2D eigenvalue weighted by molar-refractivity contribution is -0.122. The van der Waals surface area contributed by atoms with Crippen LogP contribution in [0, 0.1) is 5.92 Å². The molecule has 0 radical (unpaired) electrons. The highest BCUT2D eigenvalue weighted by molar-refractivity contribution is 5.76. The van der Waals surface area contributed by atoms with Crippen LogP contribution in [0.2, 0.25) is 0 Å². The Kier molecular flexibility index (Phi) is 7.57. The van der Waals surface area contributed by atoms with E-state index in [1.807, 2.05) is 19.9 Å². The summed E-state index contributed by atoms with van der Waals surface area (Å²) in [7, 11) is 1.72. The van der Waals surface area contributed by atoms with E-state index in [2.05, 4.69) is 28.4 Å². The van der Waals surface area contributed by atoms with Crippen molar-refractivity contribution >= 4 is 5.91 Å². The van der Waals surface area contributed by atoms with Crippen molar-refractivity contribution in [1.82, 2.24) is 10.2 Å². The molecule has 2 rings (SSSR count). The van der Waals surface area contributed by atoms with Gasteiger partial charge in [0.05, 0.1) is 7.11 Å². The van der Waals surface area contributed by atoms with E-state index in [0.29, 0.717) is 6.42 Å². The molecule has 1 heterocycles. The average Bonchev–Trinajstić information content (AvgIpc) is 2.58. The molecule has 4 heteroatoms. The van der Waals surface area contributed by atoms with Crippen LogP contribution in [0.25, 0.3) is 0 Å². The van der Waals surface area contributed by atoms with Gasteiger partial charge in [0.15, 0.2) is 0 Å². The largest absolute Gasteiger partial charge is 0.497 e. The van der Waals surface area contributed by atoms with Gasteiger partial charge in [-0.05, 0) is 69.7 Å². The first-order valence-electron chi connectivity index (χ1n) is 9.21. The second-order valence-corrected chi connectivity index (χ2v) is 7.17. The third-order valence-corrected chi connectivity index (χ3v) is 4.68. The van der Waals surface area contributed by atoms with E-state index in [-0.39, 0.29) is 11.9 Å². The number of aryl methyl sites for hydroxylation is 1. The molecule has 24 heavy (non-hydrogen) atoms. The summed E-state index contributed by atoms with van der Waals surface area (Å²) in [5.41, 5.74) is 1.35. The number of carbonyl (C=O) groups is 1. The van der Waals surface area contributed by atoms with Gasteiger partial charge in [0, 0.05) is 25.6 Å². The molecule has 0 unspecified atom stereocenters. The summed E-state index contributed by atoms with van der Waals surface area (Å²) in [5.74, 6) is 1.84. The molecule has 0 bridgehead atoms. The standard InChI is InChI=1S/C20H32N2O2/c1-16(2)21-20(23)11-13-22-12-5-7-18(15-22)10-9-17-6-4-8-19(14-17)24-3/h4,6,8,14,16,18H,5,7,9-13,15H2,1-3H3,(H,21,23)/t18-/m1/s1. The summed E-state index contributed by atoms with van der Waals surface area (Å²) in [6.45, 7) is 7.15. The fourth-order valence-corrected chi connectivity index (χ4v) is 3.44. The van der Waals surface area contributed by atoms with E-state index in [4.69, 9.17) is 4.74 Å². The van der Waals surface area contributed by atoms with E-state index >= 15 is 0 Å². The van der Waals surface area contributed by atoms with Crippen LogP contribution in [0.3, 0.4) is 0 Å². The van der Waals surface area contributed by atoms with Crippen molar-refractivity contribution in [3.05, 3.63) is 29.8 Å². The number of nitrogens with zero attached hydrogens (tertiary/aromatic N) is 1. The summed E-state index contributed by atoms with van der Waals surface area (Å²) in [6, 6.07) is 8.60. The number of hydrogen-bond acceptors (Lipinski definition) is 3. The molecule has 0 saturated carbocycles. The van der Waals surface area contributed by atoms with Crippen LogP contribution in [0.1, 0.15) is 45.1 Å². The fraction of sp³-hybridized carbons (Fsp3) is 0.650. The lowest BCUT2D eigenvalue weighted by atomic mass is 9.91. The van der Waals surface area contributed by atoms with Crippen molar-refractivity contribution in [1.29, 1.82) is 0 Å². The van der Waals surface area contributed by atoms with E-state index in [1.165, 1.54) is 24.8 Å². The van der Waals surface area contributed by atoms with Crippen molar-refractivity contribution in [3.63, 3.8) is 0 Å². The van der Waals surface area contributed by atoms with E-state index < -0.39 is 0 Å². The van der Waals surface area contributed by atoms with Gasteiger partial charge >= 0.3 is 0 Å². The molecule has 1 N–H and O–H groups in total. The molecule has 1 fully saturated rings. The zero-order valence-electron chi connectivity index (χ0n) is 15.4. The van der Waals surface area contributed by atoms with E-state index in [0.717, 1.165) is 37.7 Å². The zero-order chi connectivity index (χ0) is 17.4. The van der Waals surface area contributed by atoms with Crippen LogP contribution in [0.15, 0.2) is 24.3 Å². The van der Waals surface area contributed by atoms with Crippen molar-refractivity contribution in [2.75, 3.05) is 26.7 Å². The summed E-state index contributed by atoms with van der Waals surface area (Å²) < 4.78 is 5.30. The third kappa shape index (κ3) is 6.52. The minimum atomic E-state index is 0.170. The van der Waals surface area contributed by atoms with Crippen LogP contribution < -0.4 is 10.1 Å². The minimum absolute atomic E-state index is 0.170. The molecule has 1 amide bonds. The summed E-state index contributed by atoms with van der Waals surface area (Å²) in [6.07, 6.45) is 5.47. The molecule has 1 aromatic carbocycles. The van der Waals surface area contributed by atoms with Crippen molar-refractivity contribution in [2.45, 2.75) is 52.0 Å². The Hall–Kier alpha value is -1.55. The predicted molar refractivity (Wildman–Crippen MR) is 98.4 cm³/mol. The fourth-order valence-electron chi connectivity index (χ4n) is 3.44. The Morgan fingerprint density at radius 2 is 2.25 bits per heavy atom. The van der Waals surface area contributed by atoms with Gasteiger partial charge in [0.2, 0.25) is 5.91 Å². The maximum absolute atomic E-state index is 11.8. The molecular formula is C20H32N2O2. The maximum Gasteiger partial charge on any atom is 0.221 e. The van der Waals surface area contributed by atoms with Gasteiger partial charge in [0.25, 0.3) is 0 Å². The molecule has 0 aliphatic carbocycles. The quantitative estimate of drug-likeness (QED) is 0.794. The first-order chi connectivity index (χ1) is 11.6. The van der Waals surface area contributed by atoms with Crippen molar-refractivity contribution in [2.24, 2.45) is 5.92 Å². The van der Waals surface area contributed by atoms with E-state index in [1.54, 1.807) is 7.11 Å². The number of piperidine rings is 1. The number of ether oxygens (including phenoxy) is 1. The number of hydrogen-bond donors (Lipinski definition) is 1. The Bertz CT molecular complexity index is 516. The normalized spacial score (nSPS) is 18.6. The molecule has 1 aliphatic rings. The molecule has 1 aromatic rings. The van der Waals surface area contributed by atoms with Crippen molar-refractivity contribution in [3.8, 4) is 5.75 Å². The number of amides is 1. The monoisotopic (exact) mass is 332 g/mol. The average molecular weight is 332 g/mol. The molecule has 1 saturated heterocycles. The van der Waals surface area contributed by atoms with Gasteiger partial charge in [-0.2, -0.15) is 0 Å². The molecule has 0 aromatic heterocycles. The second kappa shape index (κ2) is 9.67. The number of methoxy groups -OCH3 is 1. The lowest BCUT2D eigenvalue weighted by Gasteiger charge is -2.32. The van der Waals surface area contributed by atoms with Gasteiger partial charge in [0.1, 0.15) is 5.75 Å². The topological polar surface area (TPSA) is 41.6 Å². The molecular weight excluding hydrogens is 300 g/mol. The Labute approximate surface area is 146 Å². The Balaban J connectivity index is 1.73. The van der Waals surface area contributed by atoms with E-state index in [9.17, 15) is 4.79 Å². The molecule has 0 spiro atoms. The highest BCUT2D eigenvalue weighted by Crippen LogP contribution is 2.23. The molecule has 134 valence electrons. The Morgan fingerprint density at radius 3 is 3.00 bits per heavy atom. The smallest absolute Gasteiger partial charge is 0.221 e. The van der Waals surface area contributed by atoms with Gasteiger partial charge in [-0.3, -0.25) is 4.79 Å². The SMILES string of the molecule is COc1cccc(CC[C@H]2CCCN(CCC(=O)NC(C)C)C2)c1. The molecule has 4 nitrogen and oxygen atoms in total. The van der Waals surface area contributed by atoms with Gasteiger partial charge in [-0.25, -0.2) is 0 Å². The van der Waals surface area contributed by atoms with Crippen LogP contribution in [0.4, 0.5) is 0 Å². The van der Waals surface area contributed by atoms with Crippen LogP contribution in [0.5, 0.6) is 5.75 Å². The number of carbonyl (C=O) groups excluding carboxylic acids is 1. The summed E-state index contributed by atoms with van der Waals surface area (Å²) >= 11 is 0. The molecule has 1 atom stereocenters. The van der Waals surface area contributed by atoms with Gasteiger partial charge < -0.3 is 15.0 Å². The number of likely N-dealkylation sites (tertiary alicyclic amines) is 1. The highest BCUT2D eigenvalue weighted by atomic mass is 16.5. The third-order valence-electron chi connectivity index (χ3n) is 4.68. The van der Waals surface area contributed by atoms with Crippen LogP contribution >= 0.6 is 0 Å². The summed E-state index contributed by atoms with van der Waals surface area (Å²) in [4.78, 5) is 14.3. The Morgan fingerprint density at radius 1 is 1.42 bits per heavy atom. The van der Waals surface area contributed by atoms with Gasteiger partial charge in [-0.15, -0.1) is 0 Å². The minimum Gasteiger partial charge on any atom is -0.497 e. The zero-order valence-corrected chi connectivity index (χ0v) is 15.4. The second-order valence-electron chi connectivity index (χ2n) is 7.17. The number of rotatable bonds is 8. The molecule has 1 aliphatic heterocycles. The van der Waals surface area contributed by atoms with Crippen LogP contribution in [-0.2, 0) is 11.2 Å². The van der Waals surface area contributed by atoms with Gasteiger partial charge in [-0.1, -0.05) is 12.1 Å². The highest BCUT2D eigenvalue weighted by Gasteiger charge is 2.20. The van der Waals surface area contributed by atoms with Crippen LogP contribution in [-0.4, -0.2) is 43.6 Å².